The molecule has 0 aliphatic heterocycles. The normalized spacial score (nSPS) is 9.44. The number of hydrogen-bond donors (Lipinski definition) is 2. The van der Waals surface area contributed by atoms with Crippen LogP contribution < -0.4 is 11.1 Å². The number of nitrogen functional groups attached to an aromatic ring is 1. The van der Waals surface area contributed by atoms with Crippen LogP contribution in [0.25, 0.3) is 0 Å². The molecule has 0 aromatic carbocycles. The molecule has 3 N–H and O–H groups in total. The van der Waals surface area contributed by atoms with Gasteiger partial charge in [0.15, 0.2) is 5.13 Å². The molecule has 1 aromatic heterocycles. The number of anilines is 2. The molecule has 1 heterocycles. The molecule has 1 rings (SSSR count). The lowest BCUT2D eigenvalue weighted by atomic mass is 10.7. The number of nitrogens with two attached hydrogens (primary N) is 1. The number of nitrogens with one attached hydrogen (secondary N) is 1. The highest BCUT2D eigenvalue weighted by molar-refractivity contribution is 7.13. The Labute approximate surface area is 57.9 Å². The van der Waals surface area contributed by atoms with Gasteiger partial charge in [0.05, 0.1) is 0 Å². The molecule has 0 saturated heterocycles. The topological polar surface area (TPSA) is 50.9 Å². The maximum atomic E-state index is 5.38. The number of rotatable bonds is 2. The Morgan fingerprint density at radius 3 is 3.11 bits per heavy atom. The van der Waals surface area contributed by atoms with Crippen LogP contribution in [0.5, 0.6) is 0 Å². The molecule has 50 valence electrons. The smallest absolute Gasteiger partial charge is 0.182 e. The van der Waals surface area contributed by atoms with Crippen molar-refractivity contribution in [2.45, 2.75) is 6.92 Å². The minimum absolute atomic E-state index is 0.617. The molecule has 0 radical (unpaired) electrons. The summed E-state index contributed by atoms with van der Waals surface area (Å²) in [5.41, 5.74) is 5.38. The van der Waals surface area contributed by atoms with Crippen molar-refractivity contribution in [3.63, 3.8) is 0 Å². The lowest BCUT2D eigenvalue weighted by Gasteiger charge is -1.92. The third-order valence-electron chi connectivity index (χ3n) is 0.880. The van der Waals surface area contributed by atoms with E-state index >= 15 is 0 Å². The summed E-state index contributed by atoms with van der Waals surface area (Å²) in [6.07, 6.45) is 0. The number of thiazole rings is 1. The number of hydrogen-bond acceptors (Lipinski definition) is 4. The molecule has 0 aliphatic carbocycles. The lowest BCUT2D eigenvalue weighted by Crippen LogP contribution is -1.96. The van der Waals surface area contributed by atoms with Gasteiger partial charge in [-0.05, 0) is 6.92 Å². The molecule has 0 saturated carbocycles. The Morgan fingerprint density at radius 1 is 1.89 bits per heavy atom. The molecule has 0 amide bonds. The molecule has 9 heavy (non-hydrogen) atoms. The standard InChI is InChI=1S/C5H9N3S/c1-2-7-4-3-9-5(6)8-4/h3,7H,2H2,1H3,(H2,6,8). The average Bonchev–Trinajstić information content (AvgIpc) is 2.17. The highest BCUT2D eigenvalue weighted by atomic mass is 32.1. The second-order valence-electron chi connectivity index (χ2n) is 1.60. The summed E-state index contributed by atoms with van der Waals surface area (Å²) in [4.78, 5) is 3.99. The summed E-state index contributed by atoms with van der Waals surface area (Å²) in [7, 11) is 0. The van der Waals surface area contributed by atoms with Crippen LogP contribution in [0, 0.1) is 0 Å². The van der Waals surface area contributed by atoms with E-state index in [0.717, 1.165) is 12.4 Å². The summed E-state index contributed by atoms with van der Waals surface area (Å²) in [5.74, 6) is 0.875. The van der Waals surface area contributed by atoms with Gasteiger partial charge in [-0.15, -0.1) is 11.3 Å². The molecule has 3 nitrogen and oxygen atoms in total. The van der Waals surface area contributed by atoms with Crippen molar-refractivity contribution in [1.82, 2.24) is 4.98 Å². The summed E-state index contributed by atoms with van der Waals surface area (Å²) in [6.45, 7) is 2.92. The zero-order valence-corrected chi connectivity index (χ0v) is 6.03. The quantitative estimate of drug-likeness (QED) is 0.653. The summed E-state index contributed by atoms with van der Waals surface area (Å²) < 4.78 is 0. The van der Waals surface area contributed by atoms with Gasteiger partial charge in [0.2, 0.25) is 0 Å². The van der Waals surface area contributed by atoms with Crippen molar-refractivity contribution < 1.29 is 0 Å². The Hall–Kier alpha value is -0.770. The maximum Gasteiger partial charge on any atom is 0.182 e. The van der Waals surface area contributed by atoms with Gasteiger partial charge in [-0.1, -0.05) is 0 Å². The van der Waals surface area contributed by atoms with Crippen molar-refractivity contribution in [1.29, 1.82) is 0 Å². The second kappa shape index (κ2) is 2.68. The van der Waals surface area contributed by atoms with Gasteiger partial charge < -0.3 is 11.1 Å². The number of nitrogens with zero attached hydrogens (tertiary/aromatic N) is 1. The van der Waals surface area contributed by atoms with E-state index in [4.69, 9.17) is 5.73 Å². The van der Waals surface area contributed by atoms with Crippen LogP contribution >= 0.6 is 11.3 Å². The van der Waals surface area contributed by atoms with Crippen LogP contribution in [0.4, 0.5) is 10.9 Å². The monoisotopic (exact) mass is 143 g/mol. The molecule has 0 spiro atoms. The minimum Gasteiger partial charge on any atom is -0.375 e. The van der Waals surface area contributed by atoms with Gasteiger partial charge in [0.25, 0.3) is 0 Å². The first-order valence-corrected chi connectivity index (χ1v) is 3.65. The number of aromatic nitrogens is 1. The largest absolute Gasteiger partial charge is 0.375 e. The molecule has 0 unspecified atom stereocenters. The second-order valence-corrected chi connectivity index (χ2v) is 2.49. The highest BCUT2D eigenvalue weighted by Crippen LogP contribution is 2.14. The first-order valence-electron chi connectivity index (χ1n) is 2.78. The lowest BCUT2D eigenvalue weighted by molar-refractivity contribution is 1.18. The van der Waals surface area contributed by atoms with E-state index in [1.165, 1.54) is 11.3 Å². The minimum atomic E-state index is 0.617. The van der Waals surface area contributed by atoms with Gasteiger partial charge in [-0.2, -0.15) is 0 Å². The molecular weight excluding hydrogens is 134 g/mol. The van der Waals surface area contributed by atoms with E-state index in [1.807, 2.05) is 12.3 Å². The van der Waals surface area contributed by atoms with Gasteiger partial charge in [-0.3, -0.25) is 0 Å². The first-order chi connectivity index (χ1) is 4.33. The maximum absolute atomic E-state index is 5.38. The fraction of sp³-hybridized carbons (Fsp3) is 0.400. The van der Waals surface area contributed by atoms with Crippen molar-refractivity contribution in [2.24, 2.45) is 0 Å². The first kappa shape index (κ1) is 6.35. The van der Waals surface area contributed by atoms with Crippen molar-refractivity contribution in [2.75, 3.05) is 17.6 Å². The molecule has 0 atom stereocenters. The predicted octanol–water partition coefficient (Wildman–Crippen LogP) is 1.16. The third-order valence-corrected chi connectivity index (χ3v) is 1.55. The summed E-state index contributed by atoms with van der Waals surface area (Å²) in [5, 5.41) is 5.57. The van der Waals surface area contributed by atoms with Gasteiger partial charge in [0.1, 0.15) is 5.82 Å². The highest BCUT2D eigenvalue weighted by Gasteiger charge is 1.92. The Kier molecular flexibility index (Phi) is 1.89. The van der Waals surface area contributed by atoms with Crippen molar-refractivity contribution >= 4 is 22.3 Å². The Balaban J connectivity index is 2.61. The van der Waals surface area contributed by atoms with Crippen molar-refractivity contribution in [3.8, 4) is 0 Å². The summed E-state index contributed by atoms with van der Waals surface area (Å²) >= 11 is 1.45. The Bertz CT molecular complexity index is 184. The van der Waals surface area contributed by atoms with Gasteiger partial charge >= 0.3 is 0 Å². The molecule has 0 aliphatic rings. The van der Waals surface area contributed by atoms with Gasteiger partial charge in [0, 0.05) is 11.9 Å². The molecule has 4 heteroatoms. The molecular formula is C5H9N3S. The van der Waals surface area contributed by atoms with E-state index in [-0.39, 0.29) is 0 Å². The van der Waals surface area contributed by atoms with Crippen LogP contribution in [0.3, 0.4) is 0 Å². The van der Waals surface area contributed by atoms with E-state index in [2.05, 4.69) is 10.3 Å². The molecule has 1 aromatic rings. The fourth-order valence-corrected chi connectivity index (χ4v) is 1.07. The molecule has 0 fully saturated rings. The van der Waals surface area contributed by atoms with Gasteiger partial charge in [-0.25, -0.2) is 4.98 Å². The average molecular weight is 143 g/mol. The van der Waals surface area contributed by atoms with Crippen LogP contribution in [0.15, 0.2) is 5.38 Å². The zero-order valence-electron chi connectivity index (χ0n) is 5.22. The van der Waals surface area contributed by atoms with Crippen LogP contribution in [0.1, 0.15) is 6.92 Å². The van der Waals surface area contributed by atoms with E-state index in [1.54, 1.807) is 0 Å². The van der Waals surface area contributed by atoms with Crippen LogP contribution in [0.2, 0.25) is 0 Å². The van der Waals surface area contributed by atoms with E-state index in [9.17, 15) is 0 Å². The van der Waals surface area contributed by atoms with Crippen LogP contribution in [-0.4, -0.2) is 11.5 Å². The van der Waals surface area contributed by atoms with E-state index < -0.39 is 0 Å². The Morgan fingerprint density at radius 2 is 2.67 bits per heavy atom. The van der Waals surface area contributed by atoms with Crippen molar-refractivity contribution in [3.05, 3.63) is 5.38 Å². The SMILES string of the molecule is CCNc1csc(N)n1. The fourth-order valence-electron chi connectivity index (χ4n) is 0.550. The third kappa shape index (κ3) is 1.57. The van der Waals surface area contributed by atoms with E-state index in [0.29, 0.717) is 5.13 Å². The predicted molar refractivity (Wildman–Crippen MR) is 40.7 cm³/mol. The molecule has 0 bridgehead atoms. The summed E-state index contributed by atoms with van der Waals surface area (Å²) in [6, 6.07) is 0. The zero-order chi connectivity index (χ0) is 6.69. The van der Waals surface area contributed by atoms with Crippen LogP contribution in [-0.2, 0) is 0 Å².